The number of carbonyl (C=O) groups excluding carboxylic acids is 2. The SMILES string of the molecule is Cl.Cl.NCCC(=O)NCC1CCCCN1C(=O)c1ccc(-n2ccnc2)cc1. The summed E-state index contributed by atoms with van der Waals surface area (Å²) in [7, 11) is 0. The molecule has 3 rings (SSSR count). The lowest BCUT2D eigenvalue weighted by molar-refractivity contribution is -0.121. The summed E-state index contributed by atoms with van der Waals surface area (Å²) in [6, 6.07) is 7.55. The maximum atomic E-state index is 13.0. The van der Waals surface area contributed by atoms with E-state index in [1.165, 1.54) is 0 Å². The van der Waals surface area contributed by atoms with E-state index in [9.17, 15) is 9.59 Å². The van der Waals surface area contributed by atoms with E-state index in [0.717, 1.165) is 31.5 Å². The molecular formula is C19H27Cl2N5O2. The van der Waals surface area contributed by atoms with Gasteiger partial charge < -0.3 is 20.5 Å². The number of likely N-dealkylation sites (tertiary alicyclic amines) is 1. The first-order valence-corrected chi connectivity index (χ1v) is 9.05. The molecule has 1 atom stereocenters. The first kappa shape index (κ1) is 23.9. The molecule has 1 aliphatic rings. The molecule has 1 unspecified atom stereocenters. The molecule has 2 heterocycles. The van der Waals surface area contributed by atoms with Crippen LogP contribution in [0.1, 0.15) is 36.0 Å². The lowest BCUT2D eigenvalue weighted by atomic mass is 10.0. The van der Waals surface area contributed by atoms with Crippen molar-refractivity contribution >= 4 is 36.6 Å². The van der Waals surface area contributed by atoms with Gasteiger partial charge in [0.2, 0.25) is 5.91 Å². The molecule has 0 spiro atoms. The van der Waals surface area contributed by atoms with Crippen LogP contribution in [0.15, 0.2) is 43.0 Å². The molecule has 1 saturated heterocycles. The number of hydrogen-bond donors (Lipinski definition) is 2. The monoisotopic (exact) mass is 427 g/mol. The van der Waals surface area contributed by atoms with E-state index in [1.54, 1.807) is 12.5 Å². The average molecular weight is 428 g/mol. The standard InChI is InChI=1S/C19H25N5O2.2ClH/c20-9-8-18(25)22-13-17-3-1-2-11-24(17)19(26)15-4-6-16(7-5-15)23-12-10-21-14-23;;/h4-7,10,12,14,17H,1-3,8-9,11,13,20H2,(H,22,25);2*1H. The summed E-state index contributed by atoms with van der Waals surface area (Å²) in [5.41, 5.74) is 7.03. The Morgan fingerprint density at radius 3 is 2.57 bits per heavy atom. The zero-order valence-corrected chi connectivity index (χ0v) is 17.3. The highest BCUT2D eigenvalue weighted by Crippen LogP contribution is 2.20. The van der Waals surface area contributed by atoms with Crippen LogP contribution in [0.2, 0.25) is 0 Å². The molecule has 1 fully saturated rings. The van der Waals surface area contributed by atoms with Crippen LogP contribution in [0, 0.1) is 0 Å². The van der Waals surface area contributed by atoms with E-state index in [4.69, 9.17) is 5.73 Å². The molecule has 0 bridgehead atoms. The van der Waals surface area contributed by atoms with E-state index in [-0.39, 0.29) is 42.7 Å². The molecule has 0 radical (unpaired) electrons. The first-order chi connectivity index (χ1) is 12.7. The van der Waals surface area contributed by atoms with Gasteiger partial charge in [-0.1, -0.05) is 0 Å². The van der Waals surface area contributed by atoms with E-state index >= 15 is 0 Å². The van der Waals surface area contributed by atoms with Crippen molar-refractivity contribution in [3.05, 3.63) is 48.5 Å². The zero-order valence-electron chi connectivity index (χ0n) is 15.6. The number of nitrogens with two attached hydrogens (primary N) is 1. The number of rotatable bonds is 6. The van der Waals surface area contributed by atoms with Crippen molar-refractivity contribution in [3.63, 3.8) is 0 Å². The predicted octanol–water partition coefficient (Wildman–Crippen LogP) is 2.18. The maximum absolute atomic E-state index is 13.0. The lowest BCUT2D eigenvalue weighted by Gasteiger charge is -2.36. The molecule has 3 N–H and O–H groups in total. The first-order valence-electron chi connectivity index (χ1n) is 9.05. The molecule has 1 aromatic heterocycles. The smallest absolute Gasteiger partial charge is 0.254 e. The Morgan fingerprint density at radius 1 is 1.18 bits per heavy atom. The molecule has 7 nitrogen and oxygen atoms in total. The van der Waals surface area contributed by atoms with E-state index in [1.807, 2.05) is 39.9 Å². The van der Waals surface area contributed by atoms with Crippen LogP contribution in [-0.4, -0.2) is 51.9 Å². The van der Waals surface area contributed by atoms with Gasteiger partial charge in [-0.2, -0.15) is 0 Å². The normalized spacial score (nSPS) is 15.9. The second-order valence-corrected chi connectivity index (χ2v) is 6.51. The predicted molar refractivity (Wildman–Crippen MR) is 113 cm³/mol. The Morgan fingerprint density at radius 2 is 1.93 bits per heavy atom. The number of nitrogens with zero attached hydrogens (tertiary/aromatic N) is 3. The largest absolute Gasteiger partial charge is 0.354 e. The van der Waals surface area contributed by atoms with Gasteiger partial charge in [0.1, 0.15) is 0 Å². The quantitative estimate of drug-likeness (QED) is 0.738. The fraction of sp³-hybridized carbons (Fsp3) is 0.421. The lowest BCUT2D eigenvalue weighted by Crippen LogP contribution is -2.49. The Labute approximate surface area is 177 Å². The second kappa shape index (κ2) is 11.7. The Bertz CT molecular complexity index is 737. The fourth-order valence-electron chi connectivity index (χ4n) is 3.29. The highest BCUT2D eigenvalue weighted by molar-refractivity contribution is 5.94. The molecule has 1 aliphatic heterocycles. The molecule has 9 heteroatoms. The van der Waals surface area contributed by atoms with Gasteiger partial charge >= 0.3 is 0 Å². The summed E-state index contributed by atoms with van der Waals surface area (Å²) in [5.74, 6) is -0.0462. The minimum Gasteiger partial charge on any atom is -0.354 e. The second-order valence-electron chi connectivity index (χ2n) is 6.51. The third kappa shape index (κ3) is 5.95. The van der Waals surface area contributed by atoms with Gasteiger partial charge in [-0.05, 0) is 43.5 Å². The Hall–Kier alpha value is -2.09. The number of nitrogens with one attached hydrogen (secondary N) is 1. The van der Waals surface area contributed by atoms with Gasteiger partial charge in [-0.3, -0.25) is 9.59 Å². The summed E-state index contributed by atoms with van der Waals surface area (Å²) in [6.45, 7) is 1.54. The van der Waals surface area contributed by atoms with Gasteiger partial charge in [0.05, 0.1) is 6.33 Å². The van der Waals surface area contributed by atoms with Crippen molar-refractivity contribution in [1.82, 2.24) is 19.8 Å². The van der Waals surface area contributed by atoms with E-state index in [0.29, 0.717) is 25.1 Å². The van der Waals surface area contributed by atoms with Crippen LogP contribution < -0.4 is 11.1 Å². The molecular weight excluding hydrogens is 401 g/mol. The molecule has 2 aromatic rings. The van der Waals surface area contributed by atoms with Crippen LogP contribution in [-0.2, 0) is 4.79 Å². The highest BCUT2D eigenvalue weighted by Gasteiger charge is 2.27. The van der Waals surface area contributed by atoms with Gasteiger partial charge in [0.25, 0.3) is 5.91 Å². The number of carbonyl (C=O) groups is 2. The van der Waals surface area contributed by atoms with Crippen molar-refractivity contribution in [2.24, 2.45) is 5.73 Å². The van der Waals surface area contributed by atoms with Gasteiger partial charge in [-0.25, -0.2) is 4.98 Å². The minimum absolute atomic E-state index is 0. The number of aromatic nitrogens is 2. The number of halogens is 2. The Kier molecular flexibility index (Phi) is 9.99. The maximum Gasteiger partial charge on any atom is 0.254 e. The zero-order chi connectivity index (χ0) is 18.4. The number of hydrogen-bond acceptors (Lipinski definition) is 4. The number of benzene rings is 1. The summed E-state index contributed by atoms with van der Waals surface area (Å²) >= 11 is 0. The topological polar surface area (TPSA) is 93.3 Å². The van der Waals surface area contributed by atoms with Gasteiger partial charge in [0, 0.05) is 55.7 Å². The third-order valence-corrected chi connectivity index (χ3v) is 4.71. The fourth-order valence-corrected chi connectivity index (χ4v) is 3.29. The van der Waals surface area contributed by atoms with Gasteiger partial charge in [-0.15, -0.1) is 24.8 Å². The molecule has 0 aliphatic carbocycles. The number of piperidine rings is 1. The summed E-state index contributed by atoms with van der Waals surface area (Å²) in [5, 5.41) is 2.89. The molecule has 0 saturated carbocycles. The molecule has 154 valence electrons. The van der Waals surface area contributed by atoms with Crippen molar-refractivity contribution in [3.8, 4) is 5.69 Å². The minimum atomic E-state index is -0.0600. The van der Waals surface area contributed by atoms with Crippen molar-refractivity contribution in [1.29, 1.82) is 0 Å². The Balaban J connectivity index is 0.00000196. The van der Waals surface area contributed by atoms with Crippen molar-refractivity contribution in [2.75, 3.05) is 19.6 Å². The number of amides is 2. The molecule has 2 amide bonds. The van der Waals surface area contributed by atoms with Crippen molar-refractivity contribution in [2.45, 2.75) is 31.7 Å². The van der Waals surface area contributed by atoms with Gasteiger partial charge in [0.15, 0.2) is 0 Å². The molecule has 1 aromatic carbocycles. The third-order valence-electron chi connectivity index (χ3n) is 4.71. The van der Waals surface area contributed by atoms with E-state index < -0.39 is 0 Å². The van der Waals surface area contributed by atoms with Crippen LogP contribution in [0.5, 0.6) is 0 Å². The van der Waals surface area contributed by atoms with Crippen LogP contribution in [0.25, 0.3) is 5.69 Å². The summed E-state index contributed by atoms with van der Waals surface area (Å²) in [4.78, 5) is 30.6. The van der Waals surface area contributed by atoms with Crippen LogP contribution in [0.4, 0.5) is 0 Å². The molecule has 28 heavy (non-hydrogen) atoms. The average Bonchev–Trinajstić information content (AvgIpc) is 3.21. The number of imidazole rings is 1. The van der Waals surface area contributed by atoms with Crippen LogP contribution in [0.3, 0.4) is 0 Å². The van der Waals surface area contributed by atoms with Crippen LogP contribution >= 0.6 is 24.8 Å². The summed E-state index contributed by atoms with van der Waals surface area (Å²) < 4.78 is 1.89. The summed E-state index contributed by atoms with van der Waals surface area (Å²) in [6.07, 6.45) is 8.59. The van der Waals surface area contributed by atoms with Crippen molar-refractivity contribution < 1.29 is 9.59 Å². The highest BCUT2D eigenvalue weighted by atomic mass is 35.5. The van der Waals surface area contributed by atoms with E-state index in [2.05, 4.69) is 10.3 Å².